The lowest BCUT2D eigenvalue weighted by molar-refractivity contribution is -0.0512. The van der Waals surface area contributed by atoms with Gasteiger partial charge in [0.15, 0.2) is 11.5 Å². The molecular weight excluding hydrogens is 268 g/mol. The molecule has 0 bridgehead atoms. The minimum absolute atomic E-state index is 0.0337. The second-order valence-corrected chi connectivity index (χ2v) is 5.03. The van der Waals surface area contributed by atoms with Gasteiger partial charge >= 0.3 is 6.61 Å². The highest BCUT2D eigenvalue weighted by atomic mass is 19.3. The normalized spacial score (nSPS) is 11.8. The fraction of sp³-hybridized carbons (Fsp3) is 0.571. The molecule has 0 radical (unpaired) electrons. The van der Waals surface area contributed by atoms with E-state index in [0.717, 1.165) is 5.56 Å². The summed E-state index contributed by atoms with van der Waals surface area (Å²) in [5.41, 5.74) is 0.615. The maximum atomic E-state index is 12.3. The Morgan fingerprint density at radius 3 is 2.45 bits per heavy atom. The van der Waals surface area contributed by atoms with E-state index >= 15 is 0 Å². The van der Waals surface area contributed by atoms with E-state index in [9.17, 15) is 8.78 Å². The molecule has 0 aliphatic heterocycles. The van der Waals surface area contributed by atoms with Crippen LogP contribution in [0.4, 0.5) is 8.78 Å². The maximum Gasteiger partial charge on any atom is 0.387 e. The van der Waals surface area contributed by atoms with Gasteiger partial charge in [0.2, 0.25) is 0 Å². The highest BCUT2D eigenvalue weighted by molar-refractivity contribution is 5.43. The molecule has 0 saturated carbocycles. The molecule has 1 rings (SSSR count). The second-order valence-electron chi connectivity index (χ2n) is 5.03. The van der Waals surface area contributed by atoms with E-state index < -0.39 is 6.61 Å². The van der Waals surface area contributed by atoms with Gasteiger partial charge in [0, 0.05) is 19.2 Å². The number of alkyl halides is 2. The summed E-state index contributed by atoms with van der Waals surface area (Å²) in [5.74, 6) is 0.316. The highest BCUT2D eigenvalue weighted by Gasteiger charge is 2.17. The lowest BCUT2D eigenvalue weighted by Crippen LogP contribution is -2.42. The lowest BCUT2D eigenvalue weighted by Gasteiger charge is -2.25. The third-order valence-electron chi connectivity index (χ3n) is 2.72. The molecule has 0 unspecified atom stereocenters. The predicted octanol–water partition coefficient (Wildman–Crippen LogP) is 2.81. The molecule has 0 spiro atoms. The van der Waals surface area contributed by atoms with Crippen LogP contribution in [0.25, 0.3) is 0 Å². The van der Waals surface area contributed by atoms with Crippen molar-refractivity contribution in [3.05, 3.63) is 23.8 Å². The van der Waals surface area contributed by atoms with E-state index in [1.165, 1.54) is 7.11 Å². The van der Waals surface area contributed by atoms with E-state index in [1.54, 1.807) is 25.3 Å². The van der Waals surface area contributed by atoms with E-state index in [0.29, 0.717) is 13.2 Å². The van der Waals surface area contributed by atoms with E-state index in [1.807, 2.05) is 13.8 Å². The van der Waals surface area contributed by atoms with Crippen LogP contribution >= 0.6 is 0 Å². The Hall–Kier alpha value is -1.40. The molecule has 0 aromatic heterocycles. The lowest BCUT2D eigenvalue weighted by atomic mass is 10.1. The molecule has 0 amide bonds. The molecule has 6 heteroatoms. The number of halogens is 2. The van der Waals surface area contributed by atoms with Gasteiger partial charge in [-0.05, 0) is 31.5 Å². The van der Waals surface area contributed by atoms with Crippen LogP contribution in [0.3, 0.4) is 0 Å². The maximum absolute atomic E-state index is 12.3. The molecule has 1 aromatic carbocycles. The predicted molar refractivity (Wildman–Crippen MR) is 72.4 cm³/mol. The van der Waals surface area contributed by atoms with Crippen molar-refractivity contribution in [2.45, 2.75) is 32.5 Å². The largest absolute Gasteiger partial charge is 0.493 e. The van der Waals surface area contributed by atoms with Gasteiger partial charge in [-0.1, -0.05) is 6.07 Å². The molecule has 0 saturated heterocycles. The molecule has 1 aromatic rings. The molecule has 114 valence electrons. The van der Waals surface area contributed by atoms with Gasteiger partial charge in [0.05, 0.1) is 13.7 Å². The van der Waals surface area contributed by atoms with Crippen molar-refractivity contribution in [3.63, 3.8) is 0 Å². The zero-order valence-electron chi connectivity index (χ0n) is 12.2. The van der Waals surface area contributed by atoms with Crippen molar-refractivity contribution in [1.29, 1.82) is 0 Å². The van der Waals surface area contributed by atoms with Crippen LogP contribution in [-0.4, -0.2) is 33.0 Å². The average molecular weight is 289 g/mol. The second kappa shape index (κ2) is 7.40. The summed E-state index contributed by atoms with van der Waals surface area (Å²) in [6.45, 7) is 2.17. The fourth-order valence-corrected chi connectivity index (χ4v) is 1.77. The van der Waals surface area contributed by atoms with Crippen LogP contribution in [0.2, 0.25) is 0 Å². The Kier molecular flexibility index (Phi) is 6.16. The van der Waals surface area contributed by atoms with Crippen molar-refractivity contribution in [1.82, 2.24) is 5.32 Å². The number of benzene rings is 1. The molecular formula is C14H21F2NO3. The summed E-state index contributed by atoms with van der Waals surface area (Å²) in [6, 6.07) is 4.95. The Morgan fingerprint density at radius 2 is 1.90 bits per heavy atom. The van der Waals surface area contributed by atoms with Crippen LogP contribution in [0.5, 0.6) is 11.5 Å². The summed E-state index contributed by atoms with van der Waals surface area (Å²) >= 11 is 0. The minimum atomic E-state index is -2.88. The molecule has 0 fully saturated rings. The first-order chi connectivity index (χ1) is 9.38. The highest BCUT2D eigenvalue weighted by Crippen LogP contribution is 2.29. The number of methoxy groups -OCH3 is 2. The molecule has 0 aliphatic rings. The van der Waals surface area contributed by atoms with Crippen LogP contribution in [0.1, 0.15) is 19.4 Å². The van der Waals surface area contributed by atoms with Gasteiger partial charge in [-0.3, -0.25) is 0 Å². The van der Waals surface area contributed by atoms with Crippen LogP contribution in [0, 0.1) is 0 Å². The molecule has 20 heavy (non-hydrogen) atoms. The average Bonchev–Trinajstić information content (AvgIpc) is 2.36. The van der Waals surface area contributed by atoms with Crippen molar-refractivity contribution in [2.75, 3.05) is 20.8 Å². The Labute approximate surface area is 118 Å². The smallest absolute Gasteiger partial charge is 0.387 e. The summed E-state index contributed by atoms with van der Waals surface area (Å²) in [5, 5.41) is 3.29. The zero-order chi connectivity index (χ0) is 15.2. The van der Waals surface area contributed by atoms with Crippen LogP contribution in [0.15, 0.2) is 18.2 Å². The Bertz CT molecular complexity index is 425. The van der Waals surface area contributed by atoms with E-state index in [4.69, 9.17) is 9.47 Å². The number of rotatable bonds is 8. The summed E-state index contributed by atoms with van der Waals surface area (Å²) in [7, 11) is 3.04. The first kappa shape index (κ1) is 16.7. The van der Waals surface area contributed by atoms with Gasteiger partial charge in [-0.25, -0.2) is 0 Å². The molecule has 4 nitrogen and oxygen atoms in total. The zero-order valence-corrected chi connectivity index (χ0v) is 12.2. The van der Waals surface area contributed by atoms with Gasteiger partial charge in [0.25, 0.3) is 0 Å². The van der Waals surface area contributed by atoms with Gasteiger partial charge in [-0.2, -0.15) is 8.78 Å². The minimum Gasteiger partial charge on any atom is -0.493 e. The number of hydrogen-bond acceptors (Lipinski definition) is 4. The fourth-order valence-electron chi connectivity index (χ4n) is 1.77. The van der Waals surface area contributed by atoms with E-state index in [2.05, 4.69) is 10.1 Å². The molecule has 1 N–H and O–H groups in total. The summed E-state index contributed by atoms with van der Waals surface area (Å²) in [6.07, 6.45) is 0. The Morgan fingerprint density at radius 1 is 1.20 bits per heavy atom. The van der Waals surface area contributed by atoms with Crippen LogP contribution < -0.4 is 14.8 Å². The standard InChI is InChI=1S/C14H21F2NO3/c1-14(2,9-18-3)17-8-10-5-6-11(19-4)12(7-10)20-13(15)16/h5-7,13,17H,8-9H2,1-4H3. The number of nitrogens with one attached hydrogen (secondary N) is 1. The Balaban J connectivity index is 2.76. The molecule has 0 atom stereocenters. The first-order valence-electron chi connectivity index (χ1n) is 6.23. The molecule has 0 aliphatic carbocycles. The first-order valence-corrected chi connectivity index (χ1v) is 6.23. The monoisotopic (exact) mass is 289 g/mol. The van der Waals surface area contributed by atoms with Gasteiger partial charge in [-0.15, -0.1) is 0 Å². The van der Waals surface area contributed by atoms with Crippen molar-refractivity contribution in [3.8, 4) is 11.5 Å². The van der Waals surface area contributed by atoms with Gasteiger partial charge < -0.3 is 19.5 Å². The van der Waals surface area contributed by atoms with Crippen molar-refractivity contribution < 1.29 is 23.0 Å². The number of ether oxygens (including phenoxy) is 3. The van der Waals surface area contributed by atoms with Crippen LogP contribution in [-0.2, 0) is 11.3 Å². The van der Waals surface area contributed by atoms with Crippen molar-refractivity contribution >= 4 is 0 Å². The SMILES string of the molecule is COCC(C)(C)NCc1ccc(OC)c(OC(F)F)c1. The summed E-state index contributed by atoms with van der Waals surface area (Å²) in [4.78, 5) is 0. The van der Waals surface area contributed by atoms with Crippen molar-refractivity contribution in [2.24, 2.45) is 0 Å². The van der Waals surface area contributed by atoms with E-state index in [-0.39, 0.29) is 17.0 Å². The number of hydrogen-bond donors (Lipinski definition) is 1. The topological polar surface area (TPSA) is 39.7 Å². The third-order valence-corrected chi connectivity index (χ3v) is 2.72. The summed E-state index contributed by atoms with van der Waals surface area (Å²) < 4.78 is 39.2. The quantitative estimate of drug-likeness (QED) is 0.799. The third kappa shape index (κ3) is 5.30. The molecule has 0 heterocycles. The van der Waals surface area contributed by atoms with Gasteiger partial charge in [0.1, 0.15) is 0 Å².